The highest BCUT2D eigenvalue weighted by Gasteiger charge is 2.07. The second-order valence-corrected chi connectivity index (χ2v) is 4.97. The number of aromatic amines is 1. The second kappa shape index (κ2) is 8.95. The van der Waals surface area contributed by atoms with Crippen LogP contribution >= 0.6 is 0 Å². The number of hydrogen-bond acceptors (Lipinski definition) is 4. The van der Waals surface area contributed by atoms with Crippen molar-refractivity contribution in [2.45, 2.75) is 20.8 Å². The van der Waals surface area contributed by atoms with E-state index in [2.05, 4.69) is 4.98 Å². The fourth-order valence-corrected chi connectivity index (χ4v) is 2.02. The zero-order chi connectivity index (χ0) is 17.4. The number of ether oxygens (including phenoxy) is 1. The third-order valence-electron chi connectivity index (χ3n) is 3.12. The molecular formula is C17H24N2O4. The standard InChI is InChI=1S/C15H18N2O4.C2H6/c1-10(18)14-8-11-7-12(3-4-13(11)16-14)21-6-5-17(2)9-15(19)20;1-2/h3-4,7-8,16H,5-6,9H2,1-2H3,(H,19,20);1-2H3. The molecule has 0 aliphatic carbocycles. The summed E-state index contributed by atoms with van der Waals surface area (Å²) in [5.41, 5.74) is 1.46. The predicted octanol–water partition coefficient (Wildman–Crippen LogP) is 2.79. The van der Waals surface area contributed by atoms with E-state index in [1.54, 1.807) is 18.0 Å². The molecule has 126 valence electrons. The van der Waals surface area contributed by atoms with Crippen LogP contribution in [0.25, 0.3) is 10.9 Å². The molecular weight excluding hydrogens is 296 g/mol. The number of aromatic nitrogens is 1. The monoisotopic (exact) mass is 320 g/mol. The molecule has 23 heavy (non-hydrogen) atoms. The summed E-state index contributed by atoms with van der Waals surface area (Å²) < 4.78 is 5.60. The Balaban J connectivity index is 0.00000127. The maximum Gasteiger partial charge on any atom is 0.317 e. The van der Waals surface area contributed by atoms with E-state index in [-0.39, 0.29) is 12.3 Å². The van der Waals surface area contributed by atoms with Gasteiger partial charge in [0, 0.05) is 24.4 Å². The first-order chi connectivity index (χ1) is 11.0. The Morgan fingerprint density at radius 1 is 1.26 bits per heavy atom. The van der Waals surface area contributed by atoms with Gasteiger partial charge in [-0.1, -0.05) is 13.8 Å². The number of ketones is 1. The van der Waals surface area contributed by atoms with Gasteiger partial charge in [-0.2, -0.15) is 0 Å². The first kappa shape index (κ1) is 18.7. The largest absolute Gasteiger partial charge is 0.492 e. The molecule has 1 heterocycles. The van der Waals surface area contributed by atoms with E-state index in [0.717, 1.165) is 10.9 Å². The van der Waals surface area contributed by atoms with Crippen LogP contribution in [0.5, 0.6) is 5.75 Å². The van der Waals surface area contributed by atoms with Gasteiger partial charge in [0.05, 0.1) is 12.2 Å². The molecule has 6 heteroatoms. The smallest absolute Gasteiger partial charge is 0.317 e. The maximum absolute atomic E-state index is 11.3. The summed E-state index contributed by atoms with van der Waals surface area (Å²) in [6, 6.07) is 7.33. The molecule has 0 radical (unpaired) electrons. The molecule has 0 spiro atoms. The van der Waals surface area contributed by atoms with Gasteiger partial charge in [-0.3, -0.25) is 14.5 Å². The van der Waals surface area contributed by atoms with Crippen molar-refractivity contribution in [1.29, 1.82) is 0 Å². The normalized spacial score (nSPS) is 10.3. The minimum Gasteiger partial charge on any atom is -0.492 e. The number of nitrogens with zero attached hydrogens (tertiary/aromatic N) is 1. The number of carboxylic acids is 1. The molecule has 2 rings (SSSR count). The van der Waals surface area contributed by atoms with E-state index in [1.165, 1.54) is 6.92 Å². The van der Waals surface area contributed by atoms with E-state index in [0.29, 0.717) is 24.6 Å². The SMILES string of the molecule is CC.CC(=O)c1cc2cc(OCCN(C)CC(=O)O)ccc2[nH]1. The van der Waals surface area contributed by atoms with Crippen molar-refractivity contribution in [2.24, 2.45) is 0 Å². The lowest BCUT2D eigenvalue weighted by Crippen LogP contribution is -2.29. The van der Waals surface area contributed by atoms with Crippen LogP contribution in [0.1, 0.15) is 31.3 Å². The number of likely N-dealkylation sites (N-methyl/N-ethyl adjacent to an activating group) is 1. The summed E-state index contributed by atoms with van der Waals surface area (Å²) in [5.74, 6) is -0.174. The molecule has 0 aliphatic heterocycles. The predicted molar refractivity (Wildman–Crippen MR) is 90.3 cm³/mol. The van der Waals surface area contributed by atoms with Crippen LogP contribution in [0.3, 0.4) is 0 Å². The van der Waals surface area contributed by atoms with Gasteiger partial charge in [0.1, 0.15) is 12.4 Å². The number of H-pyrrole nitrogens is 1. The van der Waals surface area contributed by atoms with Crippen molar-refractivity contribution in [2.75, 3.05) is 26.7 Å². The van der Waals surface area contributed by atoms with Crippen molar-refractivity contribution in [1.82, 2.24) is 9.88 Å². The van der Waals surface area contributed by atoms with Gasteiger partial charge in [-0.05, 0) is 31.3 Å². The molecule has 0 amide bonds. The van der Waals surface area contributed by atoms with Gasteiger partial charge >= 0.3 is 5.97 Å². The maximum atomic E-state index is 11.3. The average Bonchev–Trinajstić information content (AvgIpc) is 2.92. The number of hydrogen-bond donors (Lipinski definition) is 2. The first-order valence-electron chi connectivity index (χ1n) is 7.62. The molecule has 0 bridgehead atoms. The summed E-state index contributed by atoms with van der Waals surface area (Å²) in [6.07, 6.45) is 0. The number of fused-ring (bicyclic) bond motifs is 1. The molecule has 1 aromatic carbocycles. The van der Waals surface area contributed by atoms with Gasteiger partial charge in [0.25, 0.3) is 0 Å². The Bertz CT molecular complexity index is 664. The summed E-state index contributed by atoms with van der Waals surface area (Å²) in [4.78, 5) is 26.6. The zero-order valence-electron chi connectivity index (χ0n) is 14.0. The molecule has 0 saturated carbocycles. The number of benzene rings is 1. The summed E-state index contributed by atoms with van der Waals surface area (Å²) in [7, 11) is 1.73. The summed E-state index contributed by atoms with van der Waals surface area (Å²) in [6.45, 7) is 6.43. The van der Waals surface area contributed by atoms with E-state index >= 15 is 0 Å². The third kappa shape index (κ3) is 5.75. The van der Waals surface area contributed by atoms with Crippen LogP contribution < -0.4 is 4.74 Å². The minimum absolute atomic E-state index is 0.0102. The summed E-state index contributed by atoms with van der Waals surface area (Å²) >= 11 is 0. The van der Waals surface area contributed by atoms with Gasteiger partial charge in [-0.25, -0.2) is 0 Å². The highest BCUT2D eigenvalue weighted by atomic mass is 16.5. The zero-order valence-corrected chi connectivity index (χ0v) is 14.0. The molecule has 0 fully saturated rings. The van der Waals surface area contributed by atoms with Crippen LogP contribution in [0.2, 0.25) is 0 Å². The highest BCUT2D eigenvalue weighted by Crippen LogP contribution is 2.21. The Morgan fingerprint density at radius 3 is 2.57 bits per heavy atom. The molecule has 0 saturated heterocycles. The van der Waals surface area contributed by atoms with Crippen LogP contribution in [0, 0.1) is 0 Å². The van der Waals surface area contributed by atoms with E-state index in [1.807, 2.05) is 32.0 Å². The van der Waals surface area contributed by atoms with Crippen LogP contribution in [-0.4, -0.2) is 53.5 Å². The number of Topliss-reactive ketones (excluding diaryl/α,β-unsaturated/α-hetero) is 1. The highest BCUT2D eigenvalue weighted by molar-refractivity contribution is 5.98. The van der Waals surface area contributed by atoms with Gasteiger partial charge < -0.3 is 14.8 Å². The van der Waals surface area contributed by atoms with E-state index < -0.39 is 5.97 Å². The second-order valence-electron chi connectivity index (χ2n) is 4.97. The number of aliphatic carboxylic acids is 1. The lowest BCUT2D eigenvalue weighted by Gasteiger charge is -2.14. The minimum atomic E-state index is -0.858. The van der Waals surface area contributed by atoms with Gasteiger partial charge in [-0.15, -0.1) is 0 Å². The average molecular weight is 320 g/mol. The van der Waals surface area contributed by atoms with Crippen LogP contribution in [0.15, 0.2) is 24.3 Å². The third-order valence-corrected chi connectivity index (χ3v) is 3.12. The Hall–Kier alpha value is -2.34. The summed E-state index contributed by atoms with van der Waals surface area (Å²) in [5, 5.41) is 9.57. The number of carbonyl (C=O) groups is 2. The van der Waals surface area contributed by atoms with Crippen molar-refractivity contribution < 1.29 is 19.4 Å². The van der Waals surface area contributed by atoms with Crippen LogP contribution in [0.4, 0.5) is 0 Å². The molecule has 0 unspecified atom stereocenters. The fourth-order valence-electron chi connectivity index (χ4n) is 2.02. The lowest BCUT2D eigenvalue weighted by atomic mass is 10.2. The molecule has 2 aromatic rings. The van der Waals surface area contributed by atoms with E-state index in [9.17, 15) is 9.59 Å². The van der Waals surface area contributed by atoms with Crippen molar-refractivity contribution in [3.05, 3.63) is 30.0 Å². The fraction of sp³-hybridized carbons (Fsp3) is 0.412. The number of rotatable bonds is 7. The van der Waals surface area contributed by atoms with E-state index in [4.69, 9.17) is 9.84 Å². The van der Waals surface area contributed by atoms with Crippen LogP contribution in [-0.2, 0) is 4.79 Å². The number of carbonyl (C=O) groups excluding carboxylic acids is 1. The Labute approximate surface area is 136 Å². The van der Waals surface area contributed by atoms with Gasteiger partial charge in [0.2, 0.25) is 0 Å². The first-order valence-corrected chi connectivity index (χ1v) is 7.62. The molecule has 6 nitrogen and oxygen atoms in total. The van der Waals surface area contributed by atoms with Gasteiger partial charge in [0.15, 0.2) is 5.78 Å². The number of nitrogens with one attached hydrogen (secondary N) is 1. The Kier molecular flexibility index (Phi) is 7.28. The van der Waals surface area contributed by atoms with Crippen molar-refractivity contribution in [3.8, 4) is 5.75 Å². The molecule has 2 N–H and O–H groups in total. The number of carboxylic acid groups (broad SMARTS) is 1. The topological polar surface area (TPSA) is 82.6 Å². The lowest BCUT2D eigenvalue weighted by molar-refractivity contribution is -0.138. The Morgan fingerprint density at radius 2 is 1.96 bits per heavy atom. The van der Waals surface area contributed by atoms with Crippen molar-refractivity contribution in [3.63, 3.8) is 0 Å². The quantitative estimate of drug-likeness (QED) is 0.767. The molecule has 1 aromatic heterocycles. The molecule has 0 atom stereocenters. The van der Waals surface area contributed by atoms with Crippen molar-refractivity contribution >= 4 is 22.7 Å². The molecule has 0 aliphatic rings.